The van der Waals surface area contributed by atoms with Crippen molar-refractivity contribution in [3.05, 3.63) is 53.6 Å². The first kappa shape index (κ1) is 28.8. The predicted molar refractivity (Wildman–Crippen MR) is 140 cm³/mol. The summed E-state index contributed by atoms with van der Waals surface area (Å²) < 4.78 is 76.2. The molecule has 5 rings (SSSR count). The van der Waals surface area contributed by atoms with E-state index in [0.29, 0.717) is 64.1 Å². The van der Waals surface area contributed by atoms with Crippen molar-refractivity contribution in [3.8, 4) is 16.9 Å². The molecule has 1 atom stereocenters. The molecule has 10 heteroatoms. The van der Waals surface area contributed by atoms with Crippen LogP contribution in [0.4, 0.5) is 22.0 Å². The average molecular weight is 567 g/mol. The third kappa shape index (κ3) is 6.12. The Labute approximate surface area is 230 Å². The maximum Gasteiger partial charge on any atom is 0.395 e. The number of hydrogen-bond donors (Lipinski definition) is 1. The minimum absolute atomic E-state index is 0.0229. The van der Waals surface area contributed by atoms with Crippen LogP contribution >= 0.6 is 0 Å². The van der Waals surface area contributed by atoms with Gasteiger partial charge in [0, 0.05) is 42.4 Å². The molecule has 2 heterocycles. The first-order valence-electron chi connectivity index (χ1n) is 14.0. The normalized spacial score (nSPS) is 22.1. The van der Waals surface area contributed by atoms with Crippen LogP contribution in [0, 0.1) is 23.0 Å². The van der Waals surface area contributed by atoms with Gasteiger partial charge in [0.15, 0.2) is 0 Å². The number of alkyl halides is 3. The van der Waals surface area contributed by atoms with E-state index in [2.05, 4.69) is 0 Å². The van der Waals surface area contributed by atoms with Gasteiger partial charge in [-0.3, -0.25) is 4.79 Å². The molecular formula is C30H35F5N2O3. The maximum absolute atomic E-state index is 15.0. The number of amides is 1. The van der Waals surface area contributed by atoms with Crippen molar-refractivity contribution in [1.29, 1.82) is 0 Å². The van der Waals surface area contributed by atoms with Crippen LogP contribution in [-0.4, -0.2) is 72.4 Å². The zero-order valence-electron chi connectivity index (χ0n) is 22.4. The molecule has 0 aromatic heterocycles. The van der Waals surface area contributed by atoms with E-state index < -0.39 is 29.3 Å². The van der Waals surface area contributed by atoms with Crippen molar-refractivity contribution in [3.63, 3.8) is 0 Å². The molecule has 3 aliphatic rings. The summed E-state index contributed by atoms with van der Waals surface area (Å²) in [7, 11) is 0. The molecule has 0 spiro atoms. The van der Waals surface area contributed by atoms with Crippen LogP contribution in [0.15, 0.2) is 36.4 Å². The topological polar surface area (TPSA) is 53.0 Å². The average Bonchev–Trinajstić information content (AvgIpc) is 2.89. The van der Waals surface area contributed by atoms with E-state index in [1.54, 1.807) is 6.07 Å². The van der Waals surface area contributed by atoms with Crippen LogP contribution in [0.2, 0.25) is 0 Å². The molecule has 1 N–H and O–H groups in total. The van der Waals surface area contributed by atoms with Gasteiger partial charge in [-0.2, -0.15) is 13.2 Å². The monoisotopic (exact) mass is 566 g/mol. The Morgan fingerprint density at radius 3 is 2.20 bits per heavy atom. The number of β-amino-alcohol motifs (C(OH)–C–C–N with tert-alkyl or cyclic N) is 1. The van der Waals surface area contributed by atoms with Gasteiger partial charge in [0.05, 0.1) is 18.1 Å². The molecule has 1 amide bonds. The van der Waals surface area contributed by atoms with Gasteiger partial charge in [-0.15, -0.1) is 0 Å². The summed E-state index contributed by atoms with van der Waals surface area (Å²) in [5, 5.41) is 9.81. The lowest BCUT2D eigenvalue weighted by molar-refractivity contribution is -0.256. The van der Waals surface area contributed by atoms with Gasteiger partial charge < -0.3 is 19.6 Å². The quantitative estimate of drug-likeness (QED) is 0.415. The fourth-order valence-electron chi connectivity index (χ4n) is 6.08. The molecular weight excluding hydrogens is 531 g/mol. The van der Waals surface area contributed by atoms with Crippen molar-refractivity contribution < 1.29 is 36.6 Å². The van der Waals surface area contributed by atoms with E-state index in [1.165, 1.54) is 29.2 Å². The summed E-state index contributed by atoms with van der Waals surface area (Å²) in [5.74, 6) is -1.31. The Bertz CT molecular complexity index is 1210. The van der Waals surface area contributed by atoms with Crippen molar-refractivity contribution in [2.24, 2.45) is 11.3 Å². The van der Waals surface area contributed by atoms with Crippen LogP contribution in [0.5, 0.6) is 5.75 Å². The van der Waals surface area contributed by atoms with Gasteiger partial charge in [-0.05, 0) is 81.8 Å². The number of aliphatic hydroxyl groups excluding tert-OH is 1. The van der Waals surface area contributed by atoms with E-state index in [-0.39, 0.29) is 54.4 Å². The van der Waals surface area contributed by atoms with Gasteiger partial charge in [0.2, 0.25) is 0 Å². The Morgan fingerprint density at radius 1 is 0.950 bits per heavy atom. The van der Waals surface area contributed by atoms with Gasteiger partial charge in [0.1, 0.15) is 17.4 Å². The summed E-state index contributed by atoms with van der Waals surface area (Å²) in [6, 6.07) is 8.12. The van der Waals surface area contributed by atoms with Crippen molar-refractivity contribution in [1.82, 2.24) is 9.80 Å². The lowest BCUT2D eigenvalue weighted by atomic mass is 9.67. The van der Waals surface area contributed by atoms with Crippen LogP contribution in [0.25, 0.3) is 11.1 Å². The number of carbonyl (C=O) groups excluding carboxylic acids is 1. The number of halogens is 5. The van der Waals surface area contributed by atoms with Crippen molar-refractivity contribution in [2.75, 3.05) is 39.3 Å². The van der Waals surface area contributed by atoms with Gasteiger partial charge in [0.25, 0.3) is 5.91 Å². The molecule has 2 aromatic carbocycles. The molecule has 2 aromatic rings. The highest BCUT2D eigenvalue weighted by molar-refractivity contribution is 5.95. The third-order valence-electron chi connectivity index (χ3n) is 8.76. The van der Waals surface area contributed by atoms with Gasteiger partial charge in [-0.1, -0.05) is 12.5 Å². The molecule has 0 unspecified atom stereocenters. The predicted octanol–water partition coefficient (Wildman–Crippen LogP) is 6.05. The molecule has 40 heavy (non-hydrogen) atoms. The Hall–Kier alpha value is -2.72. The zero-order chi connectivity index (χ0) is 28.5. The van der Waals surface area contributed by atoms with Crippen LogP contribution < -0.4 is 4.74 Å². The van der Waals surface area contributed by atoms with E-state index in [4.69, 9.17) is 4.74 Å². The minimum atomic E-state index is -4.17. The molecule has 218 valence electrons. The van der Waals surface area contributed by atoms with Crippen LogP contribution in [0.3, 0.4) is 0 Å². The fourth-order valence-corrected chi connectivity index (χ4v) is 6.08. The zero-order valence-corrected chi connectivity index (χ0v) is 22.4. The highest BCUT2D eigenvalue weighted by Crippen LogP contribution is 2.53. The van der Waals surface area contributed by atoms with E-state index in [0.717, 1.165) is 6.07 Å². The highest BCUT2D eigenvalue weighted by atomic mass is 19.4. The Kier molecular flexibility index (Phi) is 8.38. The number of hydrogen-bond acceptors (Lipinski definition) is 4. The SMILES string of the molecule is O=C(c1ccc(-c2ccc(OCC3CCN(CC4(C(F)(F)F)CCC4)CC3)cc2F)c(F)c1)N1CCC[C@H](O)C1. The summed E-state index contributed by atoms with van der Waals surface area (Å²) >= 11 is 0. The van der Waals surface area contributed by atoms with E-state index in [9.17, 15) is 31.9 Å². The number of rotatable bonds is 7. The summed E-state index contributed by atoms with van der Waals surface area (Å²) in [4.78, 5) is 16.1. The Balaban J connectivity index is 1.14. The largest absolute Gasteiger partial charge is 0.493 e. The minimum Gasteiger partial charge on any atom is -0.493 e. The molecule has 3 fully saturated rings. The summed E-state index contributed by atoms with van der Waals surface area (Å²) in [6.07, 6.45) is -0.998. The number of benzene rings is 2. The maximum atomic E-state index is 15.0. The smallest absolute Gasteiger partial charge is 0.395 e. The number of ether oxygens (including phenoxy) is 1. The molecule has 2 saturated heterocycles. The third-order valence-corrected chi connectivity index (χ3v) is 8.76. The van der Waals surface area contributed by atoms with E-state index in [1.807, 2.05) is 4.90 Å². The lowest BCUT2D eigenvalue weighted by Gasteiger charge is -2.47. The second kappa shape index (κ2) is 11.6. The van der Waals surface area contributed by atoms with Crippen LogP contribution in [0.1, 0.15) is 55.3 Å². The Morgan fingerprint density at radius 2 is 1.62 bits per heavy atom. The molecule has 0 radical (unpaired) electrons. The number of carbonyl (C=O) groups is 1. The number of piperidine rings is 2. The molecule has 2 aliphatic heterocycles. The highest BCUT2D eigenvalue weighted by Gasteiger charge is 2.58. The van der Waals surface area contributed by atoms with E-state index >= 15 is 0 Å². The first-order valence-corrected chi connectivity index (χ1v) is 14.0. The molecule has 1 saturated carbocycles. The molecule has 1 aliphatic carbocycles. The number of nitrogens with zero attached hydrogens (tertiary/aromatic N) is 2. The van der Waals surface area contributed by atoms with Gasteiger partial charge in [-0.25, -0.2) is 8.78 Å². The standard InChI is InChI=1S/C30H35F5N2O3/c31-26-15-21(28(39)37-12-1-3-22(38)17-37)4-6-24(26)25-7-5-23(16-27(25)32)40-18-20-8-13-36(14-9-20)19-29(10-2-11-29)30(33,34)35/h4-7,15-16,20,22,38H,1-3,8-14,17-19H2/t22-/m0/s1. The number of likely N-dealkylation sites (tertiary alicyclic amines) is 2. The van der Waals surface area contributed by atoms with Crippen molar-refractivity contribution >= 4 is 5.91 Å². The second-order valence-electron chi connectivity index (χ2n) is 11.5. The fraction of sp³-hybridized carbons (Fsp3) is 0.567. The van der Waals surface area contributed by atoms with Gasteiger partial charge >= 0.3 is 6.18 Å². The summed E-state index contributed by atoms with van der Waals surface area (Å²) in [5.41, 5.74) is -1.35. The number of aliphatic hydroxyl groups is 1. The molecule has 5 nitrogen and oxygen atoms in total. The summed E-state index contributed by atoms with van der Waals surface area (Å²) in [6.45, 7) is 2.24. The van der Waals surface area contributed by atoms with Crippen LogP contribution in [-0.2, 0) is 0 Å². The van der Waals surface area contributed by atoms with Crippen molar-refractivity contribution in [2.45, 2.75) is 57.2 Å². The lowest BCUT2D eigenvalue weighted by Crippen LogP contribution is -2.53. The first-order chi connectivity index (χ1) is 19.0. The molecule has 0 bridgehead atoms. The second-order valence-corrected chi connectivity index (χ2v) is 11.5.